The van der Waals surface area contributed by atoms with Crippen LogP contribution >= 0.6 is 0 Å². The summed E-state index contributed by atoms with van der Waals surface area (Å²) in [5.41, 5.74) is 0.767. The van der Waals surface area contributed by atoms with E-state index in [1.165, 1.54) is 12.1 Å². The fraction of sp³-hybridized carbons (Fsp3) is 0.286. The number of benzene rings is 1. The van der Waals surface area contributed by atoms with Crippen molar-refractivity contribution in [3.05, 3.63) is 42.3 Å². The van der Waals surface area contributed by atoms with Gasteiger partial charge in [-0.25, -0.2) is 9.37 Å². The van der Waals surface area contributed by atoms with Crippen molar-refractivity contribution in [3.8, 4) is 0 Å². The topological polar surface area (TPSA) is 53.1 Å². The maximum absolute atomic E-state index is 12.9. The lowest BCUT2D eigenvalue weighted by Crippen LogP contribution is -2.43. The minimum Gasteiger partial charge on any atom is -0.354 e. The van der Waals surface area contributed by atoms with Gasteiger partial charge in [0.15, 0.2) is 0 Å². The molecule has 1 saturated heterocycles. The smallest absolute Gasteiger partial charge is 0.229 e. The van der Waals surface area contributed by atoms with Crippen LogP contribution in [0, 0.1) is 5.82 Å². The Morgan fingerprint density at radius 3 is 2.60 bits per heavy atom. The highest BCUT2D eigenvalue weighted by atomic mass is 19.1. The van der Waals surface area contributed by atoms with Gasteiger partial charge in [-0.1, -0.05) is 0 Å². The van der Waals surface area contributed by atoms with Gasteiger partial charge in [0.2, 0.25) is 5.95 Å². The molecular weight excluding hydrogens is 257 g/mol. The first kappa shape index (κ1) is 12.8. The average Bonchev–Trinajstić information content (AvgIpc) is 2.51. The van der Waals surface area contributed by atoms with E-state index in [4.69, 9.17) is 0 Å². The molecule has 20 heavy (non-hydrogen) atoms. The number of nitrogens with one attached hydrogen (secondary N) is 2. The molecule has 0 aliphatic carbocycles. The SMILES string of the molecule is Fc1ccc(Nc2nccc(N3CCNCC3)n2)cc1. The van der Waals surface area contributed by atoms with E-state index in [2.05, 4.69) is 25.5 Å². The van der Waals surface area contributed by atoms with Crippen molar-refractivity contribution in [1.82, 2.24) is 15.3 Å². The van der Waals surface area contributed by atoms with Crippen LogP contribution in [0.4, 0.5) is 21.8 Å². The summed E-state index contributed by atoms with van der Waals surface area (Å²) in [5, 5.41) is 6.39. The Morgan fingerprint density at radius 1 is 1.10 bits per heavy atom. The van der Waals surface area contributed by atoms with Gasteiger partial charge in [-0.3, -0.25) is 0 Å². The Morgan fingerprint density at radius 2 is 1.85 bits per heavy atom. The Balaban J connectivity index is 1.75. The minimum atomic E-state index is -0.258. The standard InChI is InChI=1S/C14H16FN5/c15-11-1-3-12(4-2-11)18-14-17-6-5-13(19-14)20-9-7-16-8-10-20/h1-6,16H,7-10H2,(H,17,18,19). The number of piperazine rings is 1. The van der Waals surface area contributed by atoms with Gasteiger partial charge in [0.05, 0.1) is 0 Å². The van der Waals surface area contributed by atoms with E-state index in [9.17, 15) is 4.39 Å². The van der Waals surface area contributed by atoms with Gasteiger partial charge in [-0.15, -0.1) is 0 Å². The van der Waals surface area contributed by atoms with Crippen molar-refractivity contribution < 1.29 is 4.39 Å². The van der Waals surface area contributed by atoms with E-state index >= 15 is 0 Å². The second-order valence-corrected chi connectivity index (χ2v) is 4.61. The van der Waals surface area contributed by atoms with Crippen molar-refractivity contribution in [2.75, 3.05) is 36.4 Å². The van der Waals surface area contributed by atoms with Gasteiger partial charge in [-0.2, -0.15) is 4.98 Å². The number of halogens is 1. The first-order valence-electron chi connectivity index (χ1n) is 6.62. The highest BCUT2D eigenvalue weighted by Gasteiger charge is 2.12. The molecule has 0 atom stereocenters. The van der Waals surface area contributed by atoms with Gasteiger partial charge in [0.1, 0.15) is 11.6 Å². The molecule has 1 aromatic heterocycles. The maximum atomic E-state index is 12.9. The summed E-state index contributed by atoms with van der Waals surface area (Å²) >= 11 is 0. The third kappa shape index (κ3) is 3.03. The summed E-state index contributed by atoms with van der Waals surface area (Å²) in [4.78, 5) is 10.9. The molecule has 6 heteroatoms. The number of hydrogen-bond acceptors (Lipinski definition) is 5. The molecule has 1 aliphatic rings. The monoisotopic (exact) mass is 273 g/mol. The molecule has 2 aromatic rings. The molecule has 2 heterocycles. The van der Waals surface area contributed by atoms with Crippen LogP contribution < -0.4 is 15.5 Å². The maximum Gasteiger partial charge on any atom is 0.229 e. The fourth-order valence-electron chi connectivity index (χ4n) is 2.14. The molecule has 1 aliphatic heterocycles. The minimum absolute atomic E-state index is 0.258. The number of nitrogens with zero attached hydrogens (tertiary/aromatic N) is 3. The van der Waals surface area contributed by atoms with E-state index in [0.717, 1.165) is 37.7 Å². The normalized spacial score (nSPS) is 15.2. The van der Waals surface area contributed by atoms with Crippen LogP contribution in [0.15, 0.2) is 36.5 Å². The van der Waals surface area contributed by atoms with Crippen LogP contribution in [-0.2, 0) is 0 Å². The molecule has 5 nitrogen and oxygen atoms in total. The van der Waals surface area contributed by atoms with Crippen LogP contribution in [0.3, 0.4) is 0 Å². The van der Waals surface area contributed by atoms with Crippen LogP contribution in [0.2, 0.25) is 0 Å². The zero-order valence-electron chi connectivity index (χ0n) is 11.0. The summed E-state index contributed by atoms with van der Waals surface area (Å²) in [7, 11) is 0. The summed E-state index contributed by atoms with van der Waals surface area (Å²) in [6, 6.07) is 8.04. The molecule has 0 amide bonds. The molecular formula is C14H16FN5. The molecule has 0 bridgehead atoms. The quantitative estimate of drug-likeness (QED) is 0.892. The Kier molecular flexibility index (Phi) is 3.73. The highest BCUT2D eigenvalue weighted by Crippen LogP contribution is 2.17. The molecule has 104 valence electrons. The lowest BCUT2D eigenvalue weighted by molar-refractivity contribution is 0.585. The van der Waals surface area contributed by atoms with Gasteiger partial charge >= 0.3 is 0 Å². The number of anilines is 3. The highest BCUT2D eigenvalue weighted by molar-refractivity contribution is 5.54. The third-order valence-corrected chi connectivity index (χ3v) is 3.18. The Bertz CT molecular complexity index is 566. The van der Waals surface area contributed by atoms with Crippen molar-refractivity contribution in [1.29, 1.82) is 0 Å². The summed E-state index contributed by atoms with van der Waals surface area (Å²) in [6.45, 7) is 3.80. The van der Waals surface area contributed by atoms with Gasteiger partial charge in [-0.05, 0) is 30.3 Å². The fourth-order valence-corrected chi connectivity index (χ4v) is 2.14. The Labute approximate surface area is 116 Å². The van der Waals surface area contributed by atoms with Crippen molar-refractivity contribution in [3.63, 3.8) is 0 Å². The van der Waals surface area contributed by atoms with Crippen LogP contribution in [-0.4, -0.2) is 36.1 Å². The Hall–Kier alpha value is -2.21. The summed E-state index contributed by atoms with van der Waals surface area (Å²) < 4.78 is 12.9. The van der Waals surface area contributed by atoms with E-state index in [0.29, 0.717) is 5.95 Å². The van der Waals surface area contributed by atoms with Crippen molar-refractivity contribution in [2.45, 2.75) is 0 Å². The molecule has 1 aromatic carbocycles. The first-order chi connectivity index (χ1) is 9.81. The van der Waals surface area contributed by atoms with Crippen LogP contribution in [0.25, 0.3) is 0 Å². The third-order valence-electron chi connectivity index (χ3n) is 3.18. The molecule has 1 fully saturated rings. The number of aromatic nitrogens is 2. The molecule has 0 unspecified atom stereocenters. The van der Waals surface area contributed by atoms with Gasteiger partial charge in [0, 0.05) is 38.1 Å². The zero-order chi connectivity index (χ0) is 13.8. The summed E-state index contributed by atoms with van der Waals surface area (Å²) in [5.74, 6) is 1.17. The molecule has 0 spiro atoms. The second-order valence-electron chi connectivity index (χ2n) is 4.61. The predicted octanol–water partition coefficient (Wildman–Crippen LogP) is 1.77. The zero-order valence-corrected chi connectivity index (χ0v) is 11.0. The largest absolute Gasteiger partial charge is 0.354 e. The van der Waals surface area contributed by atoms with Gasteiger partial charge in [0.25, 0.3) is 0 Å². The lowest BCUT2D eigenvalue weighted by atomic mass is 10.3. The van der Waals surface area contributed by atoms with Crippen LogP contribution in [0.1, 0.15) is 0 Å². The lowest BCUT2D eigenvalue weighted by Gasteiger charge is -2.28. The number of hydrogen-bond donors (Lipinski definition) is 2. The summed E-state index contributed by atoms with van der Waals surface area (Å²) in [6.07, 6.45) is 1.73. The molecule has 2 N–H and O–H groups in total. The van der Waals surface area contributed by atoms with Crippen LogP contribution in [0.5, 0.6) is 0 Å². The predicted molar refractivity (Wildman–Crippen MR) is 76.8 cm³/mol. The first-order valence-corrected chi connectivity index (χ1v) is 6.62. The van der Waals surface area contributed by atoms with E-state index in [1.54, 1.807) is 18.3 Å². The van der Waals surface area contributed by atoms with E-state index in [1.807, 2.05) is 6.07 Å². The second kappa shape index (κ2) is 5.83. The van der Waals surface area contributed by atoms with Crippen molar-refractivity contribution in [2.24, 2.45) is 0 Å². The molecule has 0 radical (unpaired) electrons. The van der Waals surface area contributed by atoms with E-state index < -0.39 is 0 Å². The molecule has 0 saturated carbocycles. The van der Waals surface area contributed by atoms with Gasteiger partial charge < -0.3 is 15.5 Å². The molecule has 3 rings (SSSR count). The average molecular weight is 273 g/mol. The van der Waals surface area contributed by atoms with Crippen molar-refractivity contribution >= 4 is 17.5 Å². The van der Waals surface area contributed by atoms with E-state index in [-0.39, 0.29) is 5.82 Å². The number of rotatable bonds is 3.